The molecular formula is C25H25N3O12S2. The van der Waals surface area contributed by atoms with E-state index in [1.807, 2.05) is 53.8 Å². The fourth-order valence-electron chi connectivity index (χ4n) is 4.41. The summed E-state index contributed by atoms with van der Waals surface area (Å²) in [6.45, 7) is -0.155. The molecule has 17 heteroatoms. The van der Waals surface area contributed by atoms with E-state index in [2.05, 4.69) is 10.2 Å². The Kier molecular flexibility index (Phi) is 9.15. The third-order valence-electron chi connectivity index (χ3n) is 6.22. The van der Waals surface area contributed by atoms with E-state index < -0.39 is 74.5 Å². The largest absolute Gasteiger partial charge is 0.492 e. The number of aromatic hydroxyl groups is 2. The highest BCUT2D eigenvalue weighted by Gasteiger charge is 2.34. The Bertz CT molecular complexity index is 1570. The number of hydrogen-bond acceptors (Lipinski definition) is 10. The van der Waals surface area contributed by atoms with Crippen molar-refractivity contribution in [2.75, 3.05) is 18.1 Å². The summed E-state index contributed by atoms with van der Waals surface area (Å²) in [6.07, 6.45) is -1.15. The number of ether oxygens (including phenoxy) is 1. The number of benzene rings is 2. The fourth-order valence-corrected chi connectivity index (χ4v) is 5.57. The lowest BCUT2D eigenvalue weighted by Gasteiger charge is -2.21. The van der Waals surface area contributed by atoms with Crippen LogP contribution >= 0.6 is 0 Å². The van der Waals surface area contributed by atoms with Crippen LogP contribution in [0.2, 0.25) is 0 Å². The third-order valence-corrected chi connectivity index (χ3v) is 7.59. The number of rotatable bonds is 11. The Morgan fingerprint density at radius 3 is 1.98 bits per heavy atom. The van der Waals surface area contributed by atoms with Gasteiger partial charge in [0, 0.05) is 18.1 Å². The monoisotopic (exact) mass is 623 g/mol. The lowest BCUT2D eigenvalue weighted by atomic mass is 9.98. The Balaban J connectivity index is 1.45. The van der Waals surface area contributed by atoms with Crippen LogP contribution in [0, 0.1) is 0 Å². The normalized spacial score (nSPS) is 14.6. The zero-order valence-electron chi connectivity index (χ0n) is 21.4. The maximum Gasteiger partial charge on any atom is 0.407 e. The molecule has 1 aromatic heterocycles. The molecule has 0 aliphatic heterocycles. The average Bonchev–Trinajstić information content (AvgIpc) is 3.41. The molecular weight excluding hydrogens is 598 g/mol. The van der Waals surface area contributed by atoms with Gasteiger partial charge < -0.3 is 35.0 Å². The zero-order valence-corrected chi connectivity index (χ0v) is 23.1. The molecule has 3 atom stereocenters. The summed E-state index contributed by atoms with van der Waals surface area (Å²) >= 11 is -2.66. The highest BCUT2D eigenvalue weighted by molar-refractivity contribution is 7.85. The smallest absolute Gasteiger partial charge is 0.407 e. The van der Waals surface area contributed by atoms with Crippen molar-refractivity contribution < 1.29 is 55.9 Å². The molecule has 0 saturated carbocycles. The number of aromatic nitrogens is 1. The van der Waals surface area contributed by atoms with Crippen LogP contribution in [0.3, 0.4) is 0 Å². The van der Waals surface area contributed by atoms with Crippen molar-refractivity contribution in [3.8, 4) is 22.9 Å². The number of amides is 2. The van der Waals surface area contributed by atoms with Crippen molar-refractivity contribution in [1.29, 1.82) is 0 Å². The molecule has 42 heavy (non-hydrogen) atoms. The van der Waals surface area contributed by atoms with Crippen LogP contribution in [0.5, 0.6) is 11.8 Å². The summed E-state index contributed by atoms with van der Waals surface area (Å²) in [5, 5.41) is 23.3. The summed E-state index contributed by atoms with van der Waals surface area (Å²) < 4.78 is 58.7. The second kappa shape index (κ2) is 12.6. The number of fused-ring (bicyclic) bond motifs is 3. The molecule has 2 aromatic carbocycles. The van der Waals surface area contributed by atoms with Gasteiger partial charge in [0.25, 0.3) is 10.1 Å². The van der Waals surface area contributed by atoms with Crippen molar-refractivity contribution in [3.05, 3.63) is 71.8 Å². The molecule has 3 unspecified atom stereocenters. The van der Waals surface area contributed by atoms with Gasteiger partial charge in [0.2, 0.25) is 17.7 Å². The fraction of sp³-hybridized carbons (Fsp3) is 0.240. The molecule has 0 fully saturated rings. The molecule has 2 amide bonds. The standard InChI is InChI=1S/C25H25N3O12S2/c29-21-9-10-22(30)28(21)40-24(32)20(13-42(36,37)38)26-23(31)19(12-41(34)35)27-25(33)39-11-18-16-7-3-1-5-14(16)15-6-2-4-8-17(15)18/h1-10,18-20,29-30H,11-13H2,(H,26,31)(H,27,33)(H,34,35)(H,36,37,38). The van der Waals surface area contributed by atoms with Crippen LogP contribution in [0.15, 0.2) is 60.7 Å². The minimum Gasteiger partial charge on any atom is -0.492 e. The zero-order chi connectivity index (χ0) is 30.6. The molecule has 6 N–H and O–H groups in total. The molecule has 1 heterocycles. The van der Waals surface area contributed by atoms with E-state index in [0.717, 1.165) is 34.4 Å². The Hall–Kier alpha value is -4.45. The summed E-state index contributed by atoms with van der Waals surface area (Å²) in [7, 11) is -4.92. The molecule has 15 nitrogen and oxygen atoms in total. The first-order valence-electron chi connectivity index (χ1n) is 12.1. The van der Waals surface area contributed by atoms with Crippen LogP contribution in [0.1, 0.15) is 17.0 Å². The van der Waals surface area contributed by atoms with E-state index in [0.29, 0.717) is 0 Å². The Morgan fingerprint density at radius 1 is 0.905 bits per heavy atom. The molecule has 224 valence electrons. The van der Waals surface area contributed by atoms with E-state index in [4.69, 9.17) is 4.74 Å². The first-order chi connectivity index (χ1) is 19.8. The van der Waals surface area contributed by atoms with Crippen molar-refractivity contribution in [3.63, 3.8) is 0 Å². The first kappa shape index (κ1) is 30.5. The summed E-state index contributed by atoms with van der Waals surface area (Å²) in [5.41, 5.74) is 3.74. The summed E-state index contributed by atoms with van der Waals surface area (Å²) in [5.74, 6) is -7.03. The van der Waals surface area contributed by atoms with Crippen molar-refractivity contribution in [2.45, 2.75) is 18.0 Å². The van der Waals surface area contributed by atoms with E-state index in [1.165, 1.54) is 0 Å². The van der Waals surface area contributed by atoms with Gasteiger partial charge in [0.15, 0.2) is 11.1 Å². The first-order valence-corrected chi connectivity index (χ1v) is 15.0. The SMILES string of the molecule is O=C(NC(CS(=O)O)C(=O)NC(CS(=O)(=O)O)C(=O)On1c(O)ccc1O)OCC1c2ccccc2-c2ccccc21. The number of carbonyl (C=O) groups is 3. The lowest BCUT2D eigenvalue weighted by molar-refractivity contribution is -0.149. The molecule has 0 saturated heterocycles. The summed E-state index contributed by atoms with van der Waals surface area (Å²) in [4.78, 5) is 42.9. The van der Waals surface area contributed by atoms with Gasteiger partial charge in [-0.2, -0.15) is 8.42 Å². The van der Waals surface area contributed by atoms with Gasteiger partial charge in [-0.3, -0.25) is 9.35 Å². The second-order valence-corrected chi connectivity index (χ2v) is 11.5. The molecule has 0 radical (unpaired) electrons. The number of hydrogen-bond donors (Lipinski definition) is 6. The van der Waals surface area contributed by atoms with Crippen LogP contribution < -0.4 is 15.5 Å². The van der Waals surface area contributed by atoms with Crippen molar-refractivity contribution >= 4 is 39.2 Å². The second-order valence-electron chi connectivity index (χ2n) is 9.07. The predicted octanol–water partition coefficient (Wildman–Crippen LogP) is 0.356. The maximum atomic E-state index is 12.9. The van der Waals surface area contributed by atoms with Crippen LogP contribution in [-0.2, 0) is 35.5 Å². The topological polar surface area (TPSA) is 231 Å². The van der Waals surface area contributed by atoms with E-state index in [1.54, 1.807) is 0 Å². The Labute approximate surface area is 241 Å². The number of alkyl carbamates (subject to hydrolysis) is 1. The molecule has 3 aromatic rings. The highest BCUT2D eigenvalue weighted by Crippen LogP contribution is 2.44. The van der Waals surface area contributed by atoms with Crippen molar-refractivity contribution in [2.24, 2.45) is 0 Å². The van der Waals surface area contributed by atoms with E-state index in [-0.39, 0.29) is 17.3 Å². The molecule has 0 bridgehead atoms. The Morgan fingerprint density at radius 2 is 1.45 bits per heavy atom. The average molecular weight is 624 g/mol. The van der Waals surface area contributed by atoms with Gasteiger partial charge in [-0.05, 0) is 22.3 Å². The van der Waals surface area contributed by atoms with Crippen LogP contribution in [0.25, 0.3) is 11.1 Å². The molecule has 1 aliphatic carbocycles. The third kappa shape index (κ3) is 7.24. The lowest BCUT2D eigenvalue weighted by Crippen LogP contribution is -2.56. The van der Waals surface area contributed by atoms with Gasteiger partial charge in [0.05, 0.1) is 5.75 Å². The van der Waals surface area contributed by atoms with Gasteiger partial charge in [0.1, 0.15) is 24.4 Å². The minimum absolute atomic E-state index is 0.155. The predicted molar refractivity (Wildman–Crippen MR) is 145 cm³/mol. The van der Waals surface area contributed by atoms with Gasteiger partial charge in [-0.1, -0.05) is 48.5 Å². The van der Waals surface area contributed by atoms with Crippen LogP contribution in [0.4, 0.5) is 4.79 Å². The highest BCUT2D eigenvalue weighted by atomic mass is 32.2. The van der Waals surface area contributed by atoms with E-state index >= 15 is 0 Å². The number of carbonyl (C=O) groups excluding carboxylic acids is 3. The van der Waals surface area contributed by atoms with Gasteiger partial charge >= 0.3 is 12.1 Å². The van der Waals surface area contributed by atoms with Gasteiger partial charge in [-0.15, -0.1) is 4.73 Å². The number of nitrogens with zero attached hydrogens (tertiary/aromatic N) is 1. The molecule has 4 rings (SSSR count). The molecule has 0 spiro atoms. The number of nitrogens with one attached hydrogen (secondary N) is 2. The molecule has 1 aliphatic rings. The van der Waals surface area contributed by atoms with Crippen molar-refractivity contribution in [1.82, 2.24) is 15.4 Å². The summed E-state index contributed by atoms with van der Waals surface area (Å²) in [6, 6.07) is 13.0. The minimum atomic E-state index is -4.92. The van der Waals surface area contributed by atoms with Crippen LogP contribution in [-0.4, -0.2) is 84.8 Å². The van der Waals surface area contributed by atoms with E-state index in [9.17, 15) is 46.3 Å². The quantitative estimate of drug-likeness (QED) is 0.126. The van der Waals surface area contributed by atoms with Gasteiger partial charge in [-0.25, -0.2) is 13.8 Å². The maximum absolute atomic E-state index is 12.9.